The number of thiophene rings is 1. The van der Waals surface area contributed by atoms with Gasteiger partial charge in [0, 0.05) is 17.1 Å². The maximum Gasteiger partial charge on any atom is 0.338 e. The largest absolute Gasteiger partial charge is 0.462 e. The van der Waals surface area contributed by atoms with E-state index in [9.17, 15) is 14.0 Å². The number of halogens is 1. The van der Waals surface area contributed by atoms with E-state index < -0.39 is 0 Å². The summed E-state index contributed by atoms with van der Waals surface area (Å²) in [5.41, 5.74) is 3.60. The number of anilines is 2. The monoisotopic (exact) mass is 438 g/mol. The lowest BCUT2D eigenvalue weighted by Crippen LogP contribution is -2.15. The summed E-state index contributed by atoms with van der Waals surface area (Å²) in [6, 6.07) is 13.1. The molecule has 0 unspecified atom stereocenters. The minimum absolute atomic E-state index is 0.190. The lowest BCUT2D eigenvalue weighted by molar-refractivity contribution is 0.0526. The minimum atomic E-state index is -0.389. The van der Waals surface area contributed by atoms with Crippen molar-refractivity contribution in [1.82, 2.24) is 0 Å². The van der Waals surface area contributed by atoms with E-state index in [-0.39, 0.29) is 17.7 Å². The van der Waals surface area contributed by atoms with Gasteiger partial charge in [0.15, 0.2) is 0 Å². The molecule has 31 heavy (non-hydrogen) atoms. The van der Waals surface area contributed by atoms with Gasteiger partial charge in [-0.05, 0) is 73.7 Å². The number of benzene rings is 2. The molecule has 5 nitrogen and oxygen atoms in total. The summed E-state index contributed by atoms with van der Waals surface area (Å²) < 4.78 is 18.5. The molecule has 1 aromatic heterocycles. The SMILES string of the molecule is CCOC(=O)c1ccc(NC(=O)c2c(NCc3cccc(F)c3)sc3c2CCC3)cc1. The van der Waals surface area contributed by atoms with Crippen molar-refractivity contribution in [3.63, 3.8) is 0 Å². The molecule has 1 heterocycles. The minimum Gasteiger partial charge on any atom is -0.462 e. The van der Waals surface area contributed by atoms with Crippen molar-refractivity contribution in [2.75, 3.05) is 17.2 Å². The van der Waals surface area contributed by atoms with Crippen molar-refractivity contribution >= 4 is 33.9 Å². The first-order chi connectivity index (χ1) is 15.0. The second-order valence-corrected chi connectivity index (χ2v) is 8.40. The lowest BCUT2D eigenvalue weighted by atomic mass is 10.1. The number of ether oxygens (including phenoxy) is 1. The smallest absolute Gasteiger partial charge is 0.338 e. The molecule has 0 aliphatic heterocycles. The number of amides is 1. The summed E-state index contributed by atoms with van der Waals surface area (Å²) in [7, 11) is 0. The molecule has 4 rings (SSSR count). The third-order valence-corrected chi connectivity index (χ3v) is 6.39. The summed E-state index contributed by atoms with van der Waals surface area (Å²) in [5, 5.41) is 7.06. The maximum absolute atomic E-state index is 13.5. The first kappa shape index (κ1) is 21.1. The van der Waals surface area contributed by atoms with E-state index >= 15 is 0 Å². The molecule has 0 spiro atoms. The highest BCUT2D eigenvalue weighted by Gasteiger charge is 2.26. The van der Waals surface area contributed by atoms with E-state index in [1.54, 1.807) is 48.6 Å². The molecule has 160 valence electrons. The van der Waals surface area contributed by atoms with Gasteiger partial charge in [-0.1, -0.05) is 12.1 Å². The van der Waals surface area contributed by atoms with E-state index in [4.69, 9.17) is 4.74 Å². The number of nitrogens with one attached hydrogen (secondary N) is 2. The molecule has 2 N–H and O–H groups in total. The lowest BCUT2D eigenvalue weighted by Gasteiger charge is -2.11. The Labute approximate surface area is 184 Å². The second kappa shape index (κ2) is 9.31. The van der Waals surface area contributed by atoms with Crippen LogP contribution in [0.1, 0.15) is 50.1 Å². The fourth-order valence-electron chi connectivity index (χ4n) is 3.70. The molecule has 1 amide bonds. The van der Waals surface area contributed by atoms with Crippen molar-refractivity contribution in [1.29, 1.82) is 0 Å². The van der Waals surface area contributed by atoms with Crippen LogP contribution in [0.5, 0.6) is 0 Å². The highest BCUT2D eigenvalue weighted by molar-refractivity contribution is 7.16. The van der Waals surface area contributed by atoms with E-state index in [1.165, 1.54) is 17.0 Å². The Morgan fingerprint density at radius 2 is 1.94 bits per heavy atom. The van der Waals surface area contributed by atoms with Crippen LogP contribution in [0.3, 0.4) is 0 Å². The Morgan fingerprint density at radius 1 is 1.13 bits per heavy atom. The van der Waals surface area contributed by atoms with Crippen LogP contribution in [0.2, 0.25) is 0 Å². The fourth-order valence-corrected chi connectivity index (χ4v) is 4.98. The molecule has 0 saturated heterocycles. The third-order valence-electron chi connectivity index (χ3n) is 5.14. The van der Waals surface area contributed by atoms with Gasteiger partial charge in [0.05, 0.1) is 17.7 Å². The first-order valence-electron chi connectivity index (χ1n) is 10.3. The number of hydrogen-bond acceptors (Lipinski definition) is 5. The van der Waals surface area contributed by atoms with Crippen molar-refractivity contribution in [3.05, 3.63) is 81.5 Å². The first-order valence-corrected chi connectivity index (χ1v) is 11.1. The Morgan fingerprint density at radius 3 is 2.68 bits per heavy atom. The summed E-state index contributed by atoms with van der Waals surface area (Å²) in [6.45, 7) is 2.50. The fraction of sp³-hybridized carbons (Fsp3) is 0.250. The van der Waals surface area contributed by atoms with Crippen molar-refractivity contribution in [2.24, 2.45) is 0 Å². The second-order valence-electron chi connectivity index (χ2n) is 7.30. The predicted molar refractivity (Wildman–Crippen MR) is 120 cm³/mol. The van der Waals surface area contributed by atoms with Gasteiger partial charge in [-0.2, -0.15) is 0 Å². The molecule has 0 fully saturated rings. The molecule has 2 aromatic carbocycles. The van der Waals surface area contributed by atoms with Crippen LogP contribution >= 0.6 is 11.3 Å². The van der Waals surface area contributed by atoms with Gasteiger partial charge in [-0.25, -0.2) is 9.18 Å². The summed E-state index contributed by atoms with van der Waals surface area (Å²) in [5.74, 6) is -0.859. The van der Waals surface area contributed by atoms with Gasteiger partial charge >= 0.3 is 5.97 Å². The van der Waals surface area contributed by atoms with Crippen LogP contribution in [0, 0.1) is 5.82 Å². The zero-order valence-electron chi connectivity index (χ0n) is 17.2. The highest BCUT2D eigenvalue weighted by atomic mass is 32.1. The van der Waals surface area contributed by atoms with Crippen LogP contribution < -0.4 is 10.6 Å². The van der Waals surface area contributed by atoms with Gasteiger partial charge in [0.1, 0.15) is 10.8 Å². The van der Waals surface area contributed by atoms with Crippen LogP contribution in [0.25, 0.3) is 0 Å². The molecule has 7 heteroatoms. The predicted octanol–water partition coefficient (Wildman–Crippen LogP) is 5.42. The Bertz CT molecular complexity index is 1110. The van der Waals surface area contributed by atoms with E-state index in [0.29, 0.717) is 30.0 Å². The van der Waals surface area contributed by atoms with E-state index in [2.05, 4.69) is 10.6 Å². The highest BCUT2D eigenvalue weighted by Crippen LogP contribution is 2.39. The number of carbonyl (C=O) groups excluding carboxylic acids is 2. The average Bonchev–Trinajstić information content (AvgIpc) is 3.34. The van der Waals surface area contributed by atoms with Crippen molar-refractivity contribution < 1.29 is 18.7 Å². The number of fused-ring (bicyclic) bond motifs is 1. The van der Waals surface area contributed by atoms with E-state index in [0.717, 1.165) is 35.4 Å². The van der Waals surface area contributed by atoms with Gasteiger partial charge in [-0.15, -0.1) is 11.3 Å². The Balaban J connectivity index is 1.51. The number of rotatable bonds is 7. The topological polar surface area (TPSA) is 67.4 Å². The number of carbonyl (C=O) groups is 2. The van der Waals surface area contributed by atoms with E-state index in [1.807, 2.05) is 6.07 Å². The molecule has 1 aliphatic carbocycles. The molecule has 0 radical (unpaired) electrons. The van der Waals surface area contributed by atoms with Crippen LogP contribution in [-0.4, -0.2) is 18.5 Å². The quantitative estimate of drug-likeness (QED) is 0.484. The van der Waals surface area contributed by atoms with Gasteiger partial charge in [0.25, 0.3) is 5.91 Å². The summed E-state index contributed by atoms with van der Waals surface area (Å²) >= 11 is 1.60. The normalized spacial score (nSPS) is 12.3. The molecule has 0 bridgehead atoms. The Kier molecular flexibility index (Phi) is 6.32. The molecule has 1 aliphatic rings. The average molecular weight is 439 g/mol. The molecule has 0 saturated carbocycles. The van der Waals surface area contributed by atoms with Gasteiger partial charge in [-0.3, -0.25) is 4.79 Å². The molecule has 3 aromatic rings. The zero-order valence-corrected chi connectivity index (χ0v) is 18.0. The zero-order chi connectivity index (χ0) is 21.8. The molecule has 0 atom stereocenters. The van der Waals surface area contributed by atoms with Crippen LogP contribution in [0.4, 0.5) is 15.1 Å². The van der Waals surface area contributed by atoms with Crippen molar-refractivity contribution in [3.8, 4) is 0 Å². The maximum atomic E-state index is 13.5. The number of hydrogen-bond donors (Lipinski definition) is 2. The molecular formula is C24H23FN2O3S. The number of aryl methyl sites for hydroxylation is 1. The Hall–Kier alpha value is -3.19. The third kappa shape index (κ3) is 4.77. The van der Waals surface area contributed by atoms with Gasteiger partial charge < -0.3 is 15.4 Å². The standard InChI is InChI=1S/C24H23FN2O3S/c1-2-30-24(29)16-9-11-18(12-10-16)27-22(28)21-19-7-4-8-20(19)31-23(21)26-14-15-5-3-6-17(25)13-15/h3,5-6,9-13,26H,2,4,7-8,14H2,1H3,(H,27,28). The van der Waals surface area contributed by atoms with Crippen LogP contribution in [0.15, 0.2) is 48.5 Å². The summed E-state index contributed by atoms with van der Waals surface area (Å²) in [4.78, 5) is 26.2. The number of esters is 1. The summed E-state index contributed by atoms with van der Waals surface area (Å²) in [6.07, 6.45) is 2.88. The van der Waals surface area contributed by atoms with Gasteiger partial charge in [0.2, 0.25) is 0 Å². The molecular weight excluding hydrogens is 415 g/mol. The van der Waals surface area contributed by atoms with Crippen molar-refractivity contribution in [2.45, 2.75) is 32.7 Å². The van der Waals surface area contributed by atoms with Crippen LogP contribution in [-0.2, 0) is 24.1 Å².